The molecule has 0 spiro atoms. The first kappa shape index (κ1) is 16.0. The lowest BCUT2D eigenvalue weighted by atomic mass is 10.3. The van der Waals surface area contributed by atoms with Crippen LogP contribution in [0.5, 0.6) is 5.75 Å². The molecule has 0 saturated heterocycles. The average molecular weight is 307 g/mol. The molecule has 0 aromatic heterocycles. The van der Waals surface area contributed by atoms with E-state index in [-0.39, 0.29) is 5.75 Å². The Hall–Kier alpha value is -2.07. The lowest BCUT2D eigenvalue weighted by molar-refractivity contribution is -0.837. The fourth-order valence-corrected chi connectivity index (χ4v) is 2.14. The van der Waals surface area contributed by atoms with Gasteiger partial charge in [-0.3, -0.25) is 25.1 Å². The molecule has 1 atom stereocenters. The van der Waals surface area contributed by atoms with E-state index >= 15 is 0 Å². The molecule has 1 rings (SSSR count). The van der Waals surface area contributed by atoms with Crippen LogP contribution in [-0.2, 0) is 9.09 Å². The van der Waals surface area contributed by atoms with Crippen LogP contribution in [0.3, 0.4) is 0 Å². The maximum absolute atomic E-state index is 11.6. The zero-order valence-electron chi connectivity index (χ0n) is 9.82. The SMILES string of the molecule is NCC(OP(=O)(O)Oc1ccccc1)([N+](=O)[O-])[N+](=O)[O-]. The minimum absolute atomic E-state index is 0.157. The summed E-state index contributed by atoms with van der Waals surface area (Å²) in [5.74, 6) is -3.62. The Morgan fingerprint density at radius 2 is 1.75 bits per heavy atom. The highest BCUT2D eigenvalue weighted by molar-refractivity contribution is 7.47. The number of benzene rings is 1. The van der Waals surface area contributed by atoms with Crippen LogP contribution in [-0.4, -0.2) is 27.1 Å². The summed E-state index contributed by atoms with van der Waals surface area (Å²) in [5, 5.41) is 21.4. The van der Waals surface area contributed by atoms with E-state index in [1.165, 1.54) is 24.3 Å². The highest BCUT2D eigenvalue weighted by atomic mass is 31.2. The first-order chi connectivity index (χ1) is 9.23. The van der Waals surface area contributed by atoms with Crippen molar-refractivity contribution in [2.45, 2.75) is 5.85 Å². The van der Waals surface area contributed by atoms with Gasteiger partial charge in [-0.05, 0) is 12.1 Å². The van der Waals surface area contributed by atoms with Gasteiger partial charge in [-0.1, -0.05) is 18.2 Å². The van der Waals surface area contributed by atoms with Gasteiger partial charge in [0, 0.05) is 0 Å². The minimum Gasteiger partial charge on any atom is -0.404 e. The average Bonchev–Trinajstić information content (AvgIpc) is 2.35. The monoisotopic (exact) mass is 307 g/mol. The lowest BCUT2D eigenvalue weighted by Gasteiger charge is -2.18. The first-order valence-corrected chi connectivity index (χ1v) is 6.50. The van der Waals surface area contributed by atoms with Gasteiger partial charge in [-0.15, -0.1) is 4.52 Å². The second kappa shape index (κ2) is 5.92. The van der Waals surface area contributed by atoms with Crippen LogP contribution >= 0.6 is 7.82 Å². The number of phosphoric acid groups is 1. The summed E-state index contributed by atoms with van der Waals surface area (Å²) < 4.78 is 20.2. The molecule has 1 aromatic rings. The molecular weight excluding hydrogens is 297 g/mol. The van der Waals surface area contributed by atoms with E-state index < -0.39 is 30.1 Å². The Labute approximate surface area is 111 Å². The molecule has 1 unspecified atom stereocenters. The summed E-state index contributed by atoms with van der Waals surface area (Å²) >= 11 is 0. The predicted octanol–water partition coefficient (Wildman–Crippen LogP) is 0.348. The normalized spacial score (nSPS) is 14.3. The summed E-state index contributed by atoms with van der Waals surface area (Å²) in [5.41, 5.74) is 4.91. The predicted molar refractivity (Wildman–Crippen MR) is 63.8 cm³/mol. The minimum atomic E-state index is -5.12. The van der Waals surface area contributed by atoms with Crippen molar-refractivity contribution in [2.75, 3.05) is 6.54 Å². The van der Waals surface area contributed by atoms with Crippen LogP contribution in [0.25, 0.3) is 0 Å². The van der Waals surface area contributed by atoms with Crippen molar-refractivity contribution in [2.24, 2.45) is 5.73 Å². The Kier molecular flexibility index (Phi) is 4.73. The summed E-state index contributed by atoms with van der Waals surface area (Å²) in [6.07, 6.45) is 0. The fourth-order valence-electron chi connectivity index (χ4n) is 1.14. The molecule has 11 nitrogen and oxygen atoms in total. The van der Waals surface area contributed by atoms with E-state index in [4.69, 9.17) is 5.73 Å². The van der Waals surface area contributed by atoms with Crippen molar-refractivity contribution < 1.29 is 28.4 Å². The third-order valence-electron chi connectivity index (χ3n) is 2.06. The molecule has 0 fully saturated rings. The third kappa shape index (κ3) is 3.48. The standard InChI is InChI=1S/C8H10N3O8P/c9-6-8(10(12)13,11(14)15)19-20(16,17)18-7-4-2-1-3-5-7/h1-5H,6,9H2,(H,16,17). The van der Waals surface area contributed by atoms with Crippen molar-refractivity contribution >= 4 is 7.82 Å². The topological polar surface area (TPSA) is 168 Å². The van der Waals surface area contributed by atoms with Crippen LogP contribution in [0, 0.1) is 20.2 Å². The number of nitrogens with two attached hydrogens (primary N) is 1. The summed E-state index contributed by atoms with van der Waals surface area (Å²) in [4.78, 5) is 27.8. The van der Waals surface area contributed by atoms with Crippen LogP contribution in [0.2, 0.25) is 0 Å². The maximum Gasteiger partial charge on any atom is 0.600 e. The number of para-hydroxylation sites is 1. The lowest BCUT2D eigenvalue weighted by Crippen LogP contribution is -2.54. The molecule has 0 radical (unpaired) electrons. The zero-order valence-corrected chi connectivity index (χ0v) is 10.7. The molecule has 0 amide bonds. The first-order valence-electron chi connectivity index (χ1n) is 5.01. The Morgan fingerprint density at radius 3 is 2.15 bits per heavy atom. The second-order valence-corrected chi connectivity index (χ2v) is 4.73. The Balaban J connectivity index is 3.01. The van der Waals surface area contributed by atoms with Crippen LogP contribution in [0.1, 0.15) is 0 Å². The molecule has 20 heavy (non-hydrogen) atoms. The Morgan fingerprint density at radius 1 is 1.25 bits per heavy atom. The molecule has 0 aliphatic heterocycles. The molecule has 3 N–H and O–H groups in total. The van der Waals surface area contributed by atoms with Gasteiger partial charge in [0.1, 0.15) is 15.6 Å². The van der Waals surface area contributed by atoms with E-state index in [1.807, 2.05) is 0 Å². The van der Waals surface area contributed by atoms with E-state index in [1.54, 1.807) is 6.07 Å². The van der Waals surface area contributed by atoms with E-state index in [0.29, 0.717) is 0 Å². The van der Waals surface area contributed by atoms with E-state index in [2.05, 4.69) is 9.05 Å². The van der Waals surface area contributed by atoms with Gasteiger partial charge in [-0.2, -0.15) is 0 Å². The number of rotatable bonds is 7. The molecule has 0 aliphatic carbocycles. The molecule has 0 heterocycles. The van der Waals surface area contributed by atoms with Crippen molar-refractivity contribution in [1.82, 2.24) is 0 Å². The number of hydrogen-bond donors (Lipinski definition) is 2. The molecular formula is C8H10N3O8P. The largest absolute Gasteiger partial charge is 0.600 e. The van der Waals surface area contributed by atoms with Gasteiger partial charge in [0.05, 0.1) is 0 Å². The molecule has 0 aliphatic rings. The quantitative estimate of drug-likeness (QED) is 0.312. The number of phosphoric ester groups is 1. The van der Waals surface area contributed by atoms with E-state index in [0.717, 1.165) is 0 Å². The Bertz CT molecular complexity index is 536. The van der Waals surface area contributed by atoms with Crippen LogP contribution in [0.4, 0.5) is 0 Å². The number of hydrogen-bond acceptors (Lipinski definition) is 8. The number of nitrogens with zero attached hydrogens (tertiary/aromatic N) is 2. The van der Waals surface area contributed by atoms with Gasteiger partial charge in [0.25, 0.3) is 0 Å². The van der Waals surface area contributed by atoms with Crippen LogP contribution in [0.15, 0.2) is 30.3 Å². The van der Waals surface area contributed by atoms with Crippen molar-refractivity contribution in [3.63, 3.8) is 0 Å². The van der Waals surface area contributed by atoms with Gasteiger partial charge in [-0.25, -0.2) is 4.57 Å². The summed E-state index contributed by atoms with van der Waals surface area (Å²) in [7, 11) is -5.12. The molecule has 1 aromatic carbocycles. The molecule has 0 saturated carbocycles. The number of nitro groups is 2. The molecule has 0 bridgehead atoms. The maximum atomic E-state index is 11.6. The zero-order chi connectivity index (χ0) is 15.4. The van der Waals surface area contributed by atoms with Gasteiger partial charge >= 0.3 is 13.7 Å². The summed E-state index contributed by atoms with van der Waals surface area (Å²) in [6.45, 7) is -1.25. The highest BCUT2D eigenvalue weighted by Crippen LogP contribution is 2.47. The summed E-state index contributed by atoms with van der Waals surface area (Å²) in [6, 6.07) is 7.00. The molecule has 110 valence electrons. The van der Waals surface area contributed by atoms with E-state index in [9.17, 15) is 29.7 Å². The van der Waals surface area contributed by atoms with Crippen molar-refractivity contribution in [1.29, 1.82) is 0 Å². The van der Waals surface area contributed by atoms with Gasteiger partial charge in [0.15, 0.2) is 6.54 Å². The van der Waals surface area contributed by atoms with Crippen LogP contribution < -0.4 is 10.3 Å². The van der Waals surface area contributed by atoms with Gasteiger partial charge in [0.2, 0.25) is 0 Å². The van der Waals surface area contributed by atoms with Crippen molar-refractivity contribution in [3.05, 3.63) is 50.6 Å². The smallest absolute Gasteiger partial charge is 0.404 e. The van der Waals surface area contributed by atoms with Gasteiger partial charge < -0.3 is 10.3 Å². The van der Waals surface area contributed by atoms with Crippen molar-refractivity contribution in [3.8, 4) is 5.75 Å². The second-order valence-electron chi connectivity index (χ2n) is 3.43. The molecule has 12 heteroatoms. The fraction of sp³-hybridized carbons (Fsp3) is 0.250. The third-order valence-corrected chi connectivity index (χ3v) is 3.03. The highest BCUT2D eigenvalue weighted by Gasteiger charge is 2.63.